The number of nitrogens with zero attached hydrogens (tertiary/aromatic N) is 3. The van der Waals surface area contributed by atoms with Crippen molar-refractivity contribution in [1.29, 1.82) is 0 Å². The van der Waals surface area contributed by atoms with Gasteiger partial charge >= 0.3 is 0 Å². The van der Waals surface area contributed by atoms with Crippen LogP contribution in [0.3, 0.4) is 0 Å². The fraction of sp³-hybridized carbons (Fsp3) is 0.278. The predicted molar refractivity (Wildman–Crippen MR) is 92.3 cm³/mol. The summed E-state index contributed by atoms with van der Waals surface area (Å²) in [6.07, 6.45) is 6.30. The van der Waals surface area contributed by atoms with Gasteiger partial charge in [-0.05, 0) is 43.2 Å². The SMILES string of the molecule is C=CC(=O)N1CCC(c2nccnc2Oc2ccc(Cl)cc2)CC1. The molecule has 1 amide bonds. The molecular weight excluding hydrogens is 326 g/mol. The number of aromatic nitrogens is 2. The molecule has 24 heavy (non-hydrogen) atoms. The molecule has 0 spiro atoms. The van der Waals surface area contributed by atoms with Crippen LogP contribution in [0, 0.1) is 0 Å². The summed E-state index contributed by atoms with van der Waals surface area (Å²) in [5.74, 6) is 1.37. The van der Waals surface area contributed by atoms with Gasteiger partial charge in [-0.1, -0.05) is 18.2 Å². The van der Waals surface area contributed by atoms with E-state index in [1.807, 2.05) is 0 Å². The molecule has 1 aliphatic rings. The van der Waals surface area contributed by atoms with Crippen LogP contribution in [0.2, 0.25) is 5.02 Å². The van der Waals surface area contributed by atoms with Gasteiger partial charge < -0.3 is 9.64 Å². The molecule has 0 saturated carbocycles. The summed E-state index contributed by atoms with van der Waals surface area (Å²) < 4.78 is 5.88. The highest BCUT2D eigenvalue weighted by molar-refractivity contribution is 6.30. The van der Waals surface area contributed by atoms with Gasteiger partial charge in [0.2, 0.25) is 11.8 Å². The van der Waals surface area contributed by atoms with Gasteiger partial charge in [0.1, 0.15) is 11.4 Å². The number of amides is 1. The van der Waals surface area contributed by atoms with Crippen LogP contribution in [0.5, 0.6) is 11.6 Å². The van der Waals surface area contributed by atoms with Crippen LogP contribution in [-0.4, -0.2) is 33.9 Å². The van der Waals surface area contributed by atoms with Crippen molar-refractivity contribution in [3.8, 4) is 11.6 Å². The van der Waals surface area contributed by atoms with Crippen molar-refractivity contribution < 1.29 is 9.53 Å². The normalized spacial score (nSPS) is 15.1. The van der Waals surface area contributed by atoms with E-state index in [1.54, 1.807) is 41.6 Å². The smallest absolute Gasteiger partial charge is 0.245 e. The summed E-state index contributed by atoms with van der Waals surface area (Å²) in [6.45, 7) is 4.91. The number of carbonyl (C=O) groups excluding carboxylic acids is 1. The lowest BCUT2D eigenvalue weighted by Gasteiger charge is -2.31. The average molecular weight is 344 g/mol. The van der Waals surface area contributed by atoms with Crippen LogP contribution in [0.15, 0.2) is 49.3 Å². The number of carbonyl (C=O) groups is 1. The number of likely N-dealkylation sites (tertiary alicyclic amines) is 1. The van der Waals surface area contributed by atoms with Crippen LogP contribution >= 0.6 is 11.6 Å². The molecule has 3 rings (SSSR count). The van der Waals surface area contributed by atoms with Crippen LogP contribution in [0.25, 0.3) is 0 Å². The quantitative estimate of drug-likeness (QED) is 0.792. The number of ether oxygens (including phenoxy) is 1. The molecule has 0 unspecified atom stereocenters. The largest absolute Gasteiger partial charge is 0.437 e. The average Bonchev–Trinajstić information content (AvgIpc) is 2.63. The fourth-order valence-electron chi connectivity index (χ4n) is 2.81. The first kappa shape index (κ1) is 16.5. The first-order chi connectivity index (χ1) is 11.7. The predicted octanol–water partition coefficient (Wildman–Crippen LogP) is 3.81. The number of halogens is 1. The minimum absolute atomic E-state index is 0.0229. The van der Waals surface area contributed by atoms with Gasteiger partial charge in [-0.25, -0.2) is 4.98 Å². The van der Waals surface area contributed by atoms with E-state index in [4.69, 9.17) is 16.3 Å². The molecule has 1 aromatic heterocycles. The lowest BCUT2D eigenvalue weighted by Crippen LogP contribution is -2.37. The van der Waals surface area contributed by atoms with E-state index in [9.17, 15) is 4.79 Å². The van der Waals surface area contributed by atoms with E-state index in [1.165, 1.54) is 6.08 Å². The zero-order valence-corrected chi connectivity index (χ0v) is 13.9. The van der Waals surface area contributed by atoms with Crippen LogP contribution in [-0.2, 0) is 4.79 Å². The minimum Gasteiger partial charge on any atom is -0.437 e. The highest BCUT2D eigenvalue weighted by Gasteiger charge is 2.26. The first-order valence-corrected chi connectivity index (χ1v) is 8.21. The van der Waals surface area contributed by atoms with Crippen molar-refractivity contribution in [2.24, 2.45) is 0 Å². The Morgan fingerprint density at radius 2 is 1.88 bits per heavy atom. The van der Waals surface area contributed by atoms with Gasteiger partial charge in [-0.3, -0.25) is 9.78 Å². The lowest BCUT2D eigenvalue weighted by molar-refractivity contribution is -0.127. The van der Waals surface area contributed by atoms with Gasteiger partial charge in [0.25, 0.3) is 0 Å². The highest BCUT2D eigenvalue weighted by Crippen LogP contribution is 2.33. The van der Waals surface area contributed by atoms with Crippen molar-refractivity contribution in [3.05, 3.63) is 60.0 Å². The fourth-order valence-corrected chi connectivity index (χ4v) is 2.94. The number of benzene rings is 1. The van der Waals surface area contributed by atoms with Crippen molar-refractivity contribution in [2.75, 3.05) is 13.1 Å². The zero-order chi connectivity index (χ0) is 16.9. The van der Waals surface area contributed by atoms with E-state index < -0.39 is 0 Å². The maximum Gasteiger partial charge on any atom is 0.245 e. The molecule has 0 radical (unpaired) electrons. The Labute approximate surface area is 145 Å². The van der Waals surface area contributed by atoms with Gasteiger partial charge in [0, 0.05) is 36.4 Å². The molecule has 1 aromatic carbocycles. The summed E-state index contributed by atoms with van der Waals surface area (Å²) in [7, 11) is 0. The lowest BCUT2D eigenvalue weighted by atomic mass is 9.93. The Morgan fingerprint density at radius 1 is 1.21 bits per heavy atom. The zero-order valence-electron chi connectivity index (χ0n) is 13.2. The Balaban J connectivity index is 1.74. The van der Waals surface area contributed by atoms with Crippen molar-refractivity contribution >= 4 is 17.5 Å². The van der Waals surface area contributed by atoms with E-state index >= 15 is 0 Å². The summed E-state index contributed by atoms with van der Waals surface area (Å²) in [5.41, 5.74) is 0.832. The Bertz CT molecular complexity index is 725. The maximum atomic E-state index is 11.7. The van der Waals surface area contributed by atoms with E-state index in [2.05, 4.69) is 16.5 Å². The molecule has 0 N–H and O–H groups in total. The van der Waals surface area contributed by atoms with Crippen LogP contribution in [0.1, 0.15) is 24.5 Å². The molecule has 0 bridgehead atoms. The van der Waals surface area contributed by atoms with Gasteiger partial charge in [-0.2, -0.15) is 0 Å². The Hall–Kier alpha value is -2.40. The Morgan fingerprint density at radius 3 is 2.54 bits per heavy atom. The molecule has 0 aliphatic carbocycles. The van der Waals surface area contributed by atoms with Gasteiger partial charge in [-0.15, -0.1) is 0 Å². The first-order valence-electron chi connectivity index (χ1n) is 7.83. The highest BCUT2D eigenvalue weighted by atomic mass is 35.5. The van der Waals surface area contributed by atoms with Crippen molar-refractivity contribution in [1.82, 2.24) is 14.9 Å². The van der Waals surface area contributed by atoms with Gasteiger partial charge in [0.05, 0.1) is 0 Å². The van der Waals surface area contributed by atoms with Crippen molar-refractivity contribution in [2.45, 2.75) is 18.8 Å². The van der Waals surface area contributed by atoms with Crippen molar-refractivity contribution in [3.63, 3.8) is 0 Å². The molecular formula is C18H18ClN3O2. The number of hydrogen-bond acceptors (Lipinski definition) is 4. The molecule has 124 valence electrons. The molecule has 2 heterocycles. The topological polar surface area (TPSA) is 55.3 Å². The van der Waals surface area contributed by atoms with E-state index in [-0.39, 0.29) is 11.8 Å². The number of piperidine rings is 1. The minimum atomic E-state index is -0.0229. The number of hydrogen-bond donors (Lipinski definition) is 0. The maximum absolute atomic E-state index is 11.7. The third kappa shape index (κ3) is 3.74. The van der Waals surface area contributed by atoms with Crippen LogP contribution < -0.4 is 4.74 Å². The second-order valence-electron chi connectivity index (χ2n) is 5.61. The monoisotopic (exact) mass is 343 g/mol. The van der Waals surface area contributed by atoms with Crippen LogP contribution in [0.4, 0.5) is 0 Å². The molecule has 1 saturated heterocycles. The third-order valence-corrected chi connectivity index (χ3v) is 4.34. The van der Waals surface area contributed by atoms with E-state index in [0.29, 0.717) is 29.7 Å². The standard InChI is InChI=1S/C18H18ClN3O2/c1-2-16(23)22-11-7-13(8-12-22)17-18(21-10-9-20-17)24-15-5-3-14(19)4-6-15/h2-6,9-10,13H,1,7-8,11-12H2. The van der Waals surface area contributed by atoms with Gasteiger partial charge in [0.15, 0.2) is 0 Å². The summed E-state index contributed by atoms with van der Waals surface area (Å²) in [5, 5.41) is 0.654. The summed E-state index contributed by atoms with van der Waals surface area (Å²) in [4.78, 5) is 22.3. The molecule has 1 fully saturated rings. The molecule has 6 heteroatoms. The molecule has 2 aromatic rings. The summed E-state index contributed by atoms with van der Waals surface area (Å²) in [6, 6.07) is 7.14. The Kier molecular flexibility index (Phi) is 5.11. The molecule has 0 atom stereocenters. The second-order valence-corrected chi connectivity index (χ2v) is 6.04. The molecule has 1 aliphatic heterocycles. The summed E-state index contributed by atoms with van der Waals surface area (Å²) >= 11 is 5.90. The molecule has 5 nitrogen and oxygen atoms in total. The number of rotatable bonds is 4. The van der Waals surface area contributed by atoms with E-state index in [0.717, 1.165) is 18.5 Å². The second kappa shape index (κ2) is 7.45. The third-order valence-electron chi connectivity index (χ3n) is 4.09.